The van der Waals surface area contributed by atoms with Gasteiger partial charge < -0.3 is 15.0 Å². The van der Waals surface area contributed by atoms with Crippen LogP contribution in [0.25, 0.3) is 0 Å². The van der Waals surface area contributed by atoms with E-state index in [9.17, 15) is 9.90 Å². The summed E-state index contributed by atoms with van der Waals surface area (Å²) in [5.41, 5.74) is -0.199. The Balaban J connectivity index is 1.22. The highest BCUT2D eigenvalue weighted by Crippen LogP contribution is 2.85. The van der Waals surface area contributed by atoms with Crippen molar-refractivity contribution in [3.8, 4) is 0 Å². The van der Waals surface area contributed by atoms with Crippen LogP contribution in [0.15, 0.2) is 12.5 Å². The normalized spacial score (nSPS) is 51.7. The van der Waals surface area contributed by atoms with Crippen LogP contribution in [-0.4, -0.2) is 32.7 Å². The summed E-state index contributed by atoms with van der Waals surface area (Å²) in [5.74, 6) is 5.57. The number of carbonyl (C=O) groups is 1. The van der Waals surface area contributed by atoms with Gasteiger partial charge in [-0.15, -0.1) is 0 Å². The number of nitrogens with one attached hydrogen (secondary N) is 1. The van der Waals surface area contributed by atoms with E-state index >= 15 is 0 Å². The molecule has 2 bridgehead atoms. The van der Waals surface area contributed by atoms with Crippen LogP contribution in [0.1, 0.15) is 43.2 Å². The summed E-state index contributed by atoms with van der Waals surface area (Å²) in [6, 6.07) is 0.295. The molecule has 5 saturated carbocycles. The standard InChI is InChI=1S/C19H25N3O2/c1-8(2)22-5-13(21-7-22)18(23)20-6-19(24)16-10-4-11-14-9(10)3-12(16)15(14)17(11)19/h5,7-12,14-17,24H,3-4,6H2,1-2H3,(H,20,23)/t9-,10+,11+,12-,14-,15-,16+,17-,19-/m0/s1. The molecule has 1 aromatic heterocycles. The van der Waals surface area contributed by atoms with Crippen molar-refractivity contribution in [2.24, 2.45) is 47.3 Å². The quantitative estimate of drug-likeness (QED) is 0.884. The molecule has 128 valence electrons. The van der Waals surface area contributed by atoms with Crippen molar-refractivity contribution in [3.05, 3.63) is 18.2 Å². The number of amides is 1. The Bertz CT molecular complexity index is 737. The van der Waals surface area contributed by atoms with E-state index in [0.29, 0.717) is 30.1 Å². The Morgan fingerprint density at radius 2 is 2.04 bits per heavy atom. The monoisotopic (exact) mass is 327 g/mol. The van der Waals surface area contributed by atoms with E-state index in [4.69, 9.17) is 0 Å². The molecule has 6 rings (SSSR count). The number of carbonyl (C=O) groups excluding carboxylic acids is 1. The zero-order valence-corrected chi connectivity index (χ0v) is 14.2. The van der Waals surface area contributed by atoms with E-state index < -0.39 is 5.60 Å². The molecule has 0 unspecified atom stereocenters. The summed E-state index contributed by atoms with van der Waals surface area (Å²) < 4.78 is 1.94. The Morgan fingerprint density at radius 3 is 2.79 bits per heavy atom. The van der Waals surface area contributed by atoms with Gasteiger partial charge in [-0.25, -0.2) is 4.98 Å². The molecule has 24 heavy (non-hydrogen) atoms. The maximum atomic E-state index is 12.5. The van der Waals surface area contributed by atoms with Gasteiger partial charge in [0, 0.05) is 18.8 Å². The Labute approximate surface area is 141 Å². The first-order valence-corrected chi connectivity index (χ1v) is 9.54. The topological polar surface area (TPSA) is 67.2 Å². The lowest BCUT2D eigenvalue weighted by atomic mass is 9.56. The van der Waals surface area contributed by atoms with Crippen molar-refractivity contribution < 1.29 is 9.90 Å². The van der Waals surface area contributed by atoms with Crippen LogP contribution < -0.4 is 5.32 Å². The zero-order chi connectivity index (χ0) is 16.4. The molecule has 5 heteroatoms. The molecule has 5 fully saturated rings. The molecule has 0 radical (unpaired) electrons. The Kier molecular flexibility index (Phi) is 2.35. The number of imidazole rings is 1. The number of nitrogens with zero attached hydrogens (tertiary/aromatic N) is 2. The van der Waals surface area contributed by atoms with Crippen LogP contribution >= 0.6 is 0 Å². The molecular formula is C19H25N3O2. The van der Waals surface area contributed by atoms with E-state index in [1.807, 2.05) is 4.57 Å². The van der Waals surface area contributed by atoms with Crippen LogP contribution in [0.3, 0.4) is 0 Å². The van der Waals surface area contributed by atoms with Gasteiger partial charge in [-0.3, -0.25) is 4.79 Å². The zero-order valence-electron chi connectivity index (χ0n) is 14.2. The number of hydrogen-bond donors (Lipinski definition) is 2. The van der Waals surface area contributed by atoms with Crippen molar-refractivity contribution in [2.75, 3.05) is 6.54 Å². The predicted octanol–water partition coefficient (Wildman–Crippen LogP) is 1.70. The fourth-order valence-electron chi connectivity index (χ4n) is 8.01. The van der Waals surface area contributed by atoms with Crippen molar-refractivity contribution in [2.45, 2.75) is 38.3 Å². The number of aromatic nitrogens is 2. The van der Waals surface area contributed by atoms with Gasteiger partial charge >= 0.3 is 0 Å². The second kappa shape index (κ2) is 4.06. The van der Waals surface area contributed by atoms with Crippen LogP contribution in [0, 0.1) is 47.3 Å². The van der Waals surface area contributed by atoms with E-state index in [2.05, 4.69) is 24.1 Å². The van der Waals surface area contributed by atoms with Crippen molar-refractivity contribution in [1.82, 2.24) is 14.9 Å². The summed E-state index contributed by atoms with van der Waals surface area (Å²) in [7, 11) is 0. The molecule has 5 aliphatic rings. The minimum absolute atomic E-state index is 0.152. The van der Waals surface area contributed by atoms with Crippen LogP contribution in [0.4, 0.5) is 0 Å². The second-order valence-corrected chi connectivity index (χ2v) is 9.31. The summed E-state index contributed by atoms with van der Waals surface area (Å²) in [6.45, 7) is 4.54. The first-order valence-electron chi connectivity index (χ1n) is 9.54. The first-order chi connectivity index (χ1) is 11.5. The van der Waals surface area contributed by atoms with E-state index in [1.54, 1.807) is 12.5 Å². The van der Waals surface area contributed by atoms with Crippen LogP contribution in [0.5, 0.6) is 0 Å². The summed E-state index contributed by atoms with van der Waals surface area (Å²) in [5, 5.41) is 14.5. The van der Waals surface area contributed by atoms with Gasteiger partial charge in [-0.2, -0.15) is 0 Å². The minimum atomic E-state index is -0.652. The summed E-state index contributed by atoms with van der Waals surface area (Å²) in [6.07, 6.45) is 6.21. The molecule has 0 spiro atoms. The molecule has 1 aromatic rings. The lowest BCUT2D eigenvalue weighted by molar-refractivity contribution is -0.126. The van der Waals surface area contributed by atoms with Gasteiger partial charge in [-0.05, 0) is 74.0 Å². The third-order valence-electron chi connectivity index (χ3n) is 8.48. The number of fused-ring (bicyclic) bond motifs is 2. The van der Waals surface area contributed by atoms with Gasteiger partial charge in [0.1, 0.15) is 5.69 Å². The van der Waals surface area contributed by atoms with Gasteiger partial charge in [0.25, 0.3) is 5.91 Å². The van der Waals surface area contributed by atoms with Crippen molar-refractivity contribution in [3.63, 3.8) is 0 Å². The molecule has 1 amide bonds. The van der Waals surface area contributed by atoms with E-state index in [-0.39, 0.29) is 5.91 Å². The number of hydrogen-bond acceptors (Lipinski definition) is 3. The number of rotatable bonds is 4. The third-order valence-corrected chi connectivity index (χ3v) is 8.48. The van der Waals surface area contributed by atoms with Crippen LogP contribution in [-0.2, 0) is 0 Å². The maximum Gasteiger partial charge on any atom is 0.271 e. The smallest absolute Gasteiger partial charge is 0.271 e. The summed E-state index contributed by atoms with van der Waals surface area (Å²) in [4.78, 5) is 16.7. The van der Waals surface area contributed by atoms with E-state index in [1.165, 1.54) is 12.8 Å². The molecular weight excluding hydrogens is 302 g/mol. The number of aliphatic hydroxyl groups is 1. The maximum absolute atomic E-state index is 12.5. The minimum Gasteiger partial charge on any atom is -0.387 e. The highest BCUT2D eigenvalue weighted by atomic mass is 16.3. The van der Waals surface area contributed by atoms with Gasteiger partial charge in [0.2, 0.25) is 0 Å². The SMILES string of the molecule is CC(C)n1cnc(C(=O)NC[C@]2(O)[C@@H]3[C@@H]4C[C@@H]5[C@@H]6[C@H]4C[C@H]3[C@@H]6[C@H]52)c1. The predicted molar refractivity (Wildman–Crippen MR) is 87.0 cm³/mol. The average molecular weight is 327 g/mol. The lowest BCUT2D eigenvalue weighted by Gasteiger charge is -2.51. The molecule has 1 heterocycles. The lowest BCUT2D eigenvalue weighted by Crippen LogP contribution is -2.59. The highest BCUT2D eigenvalue weighted by Gasteiger charge is 2.84. The van der Waals surface area contributed by atoms with Crippen LogP contribution in [0.2, 0.25) is 0 Å². The molecule has 5 nitrogen and oxygen atoms in total. The first kappa shape index (κ1) is 13.9. The van der Waals surface area contributed by atoms with Gasteiger partial charge in [0.15, 0.2) is 0 Å². The third kappa shape index (κ3) is 1.32. The molecule has 2 N–H and O–H groups in total. The van der Waals surface area contributed by atoms with Crippen molar-refractivity contribution in [1.29, 1.82) is 0 Å². The van der Waals surface area contributed by atoms with Crippen molar-refractivity contribution >= 4 is 5.91 Å². The van der Waals surface area contributed by atoms with Gasteiger partial charge in [-0.1, -0.05) is 0 Å². The largest absolute Gasteiger partial charge is 0.387 e. The molecule has 5 aliphatic carbocycles. The second-order valence-electron chi connectivity index (χ2n) is 9.31. The molecule has 0 aromatic carbocycles. The molecule has 0 saturated heterocycles. The van der Waals surface area contributed by atoms with Gasteiger partial charge in [0.05, 0.1) is 11.9 Å². The summed E-state index contributed by atoms with van der Waals surface area (Å²) >= 11 is 0. The highest BCUT2D eigenvalue weighted by molar-refractivity contribution is 5.92. The molecule has 0 aliphatic heterocycles. The van der Waals surface area contributed by atoms with E-state index in [0.717, 1.165) is 35.5 Å². The Hall–Kier alpha value is -1.36. The Morgan fingerprint density at radius 1 is 1.29 bits per heavy atom. The fourth-order valence-corrected chi connectivity index (χ4v) is 8.01. The molecule has 9 atom stereocenters. The fraction of sp³-hybridized carbons (Fsp3) is 0.789. The average Bonchev–Trinajstić information content (AvgIpc) is 3.20.